The number of nitrogens with zero attached hydrogens (tertiary/aromatic N) is 2. The van der Waals surface area contributed by atoms with E-state index in [-0.39, 0.29) is 89.6 Å². The molecule has 0 aliphatic carbocycles. The quantitative estimate of drug-likeness (QED) is 0.0560. The largest absolute Gasteiger partial charge is 0.394 e. The summed E-state index contributed by atoms with van der Waals surface area (Å²) in [5, 5.41) is 87.5. The average molecular weight is 1390 g/mol. The number of carbonyl (C=O) groups is 6. The fourth-order valence-corrected chi connectivity index (χ4v) is 12.3. The Morgan fingerprint density at radius 2 is 1.02 bits per heavy atom. The van der Waals surface area contributed by atoms with Crippen LogP contribution in [0.15, 0.2) is 0 Å². The molecule has 0 aliphatic rings. The SMILES string of the molecule is Cc1c(NC(=O)CO)c(I)c(C(=O)N(C)CC(O)CO)c(I)c1C(=O)NCCCNC(=O)c1c(I)c(NC(=O)C(O)C(O)CO)c(I)c(C(=O)N(C)CC(O)CO)c1I. The molecule has 6 amide bonds. The van der Waals surface area contributed by atoms with E-state index < -0.39 is 86.3 Å². The molecule has 20 nitrogen and oxygen atoms in total. The van der Waals surface area contributed by atoms with Crippen LogP contribution in [0.2, 0.25) is 0 Å². The number of rotatable bonds is 20. The zero-order chi connectivity index (χ0) is 45.0. The van der Waals surface area contributed by atoms with Gasteiger partial charge in [-0.25, -0.2) is 0 Å². The van der Waals surface area contributed by atoms with Crippen molar-refractivity contribution in [3.63, 3.8) is 0 Å². The van der Waals surface area contributed by atoms with E-state index in [9.17, 15) is 69.6 Å². The van der Waals surface area contributed by atoms with Crippen molar-refractivity contribution in [1.29, 1.82) is 0 Å². The number of aliphatic hydroxyl groups excluding tert-OH is 8. The van der Waals surface area contributed by atoms with Gasteiger partial charge in [-0.1, -0.05) is 0 Å². The monoisotopic (exact) mass is 1390 g/mol. The van der Waals surface area contributed by atoms with E-state index >= 15 is 0 Å². The molecule has 0 aromatic heterocycles. The Bertz CT molecular complexity index is 1930. The molecule has 0 saturated heterocycles. The van der Waals surface area contributed by atoms with Gasteiger partial charge in [0.15, 0.2) is 6.10 Å². The van der Waals surface area contributed by atoms with Crippen LogP contribution in [-0.4, -0.2) is 177 Å². The smallest absolute Gasteiger partial charge is 0.256 e. The first-order valence-corrected chi connectivity index (χ1v) is 22.6. The molecule has 2 aromatic carbocycles. The predicted molar refractivity (Wildman–Crippen MR) is 254 cm³/mol. The molecule has 0 aliphatic heterocycles. The van der Waals surface area contributed by atoms with E-state index in [1.165, 1.54) is 14.1 Å². The predicted octanol–water partition coefficient (Wildman–Crippen LogP) is -0.998. The Kier molecular flexibility index (Phi) is 22.8. The van der Waals surface area contributed by atoms with Crippen LogP contribution in [0.5, 0.6) is 0 Å². The van der Waals surface area contributed by atoms with Crippen LogP contribution in [0.3, 0.4) is 0 Å². The zero-order valence-corrected chi connectivity index (χ0v) is 42.3. The summed E-state index contributed by atoms with van der Waals surface area (Å²) in [6.45, 7) is -2.08. The second-order valence-electron chi connectivity index (χ2n) is 12.7. The minimum Gasteiger partial charge on any atom is -0.394 e. The average Bonchev–Trinajstić information content (AvgIpc) is 3.19. The van der Waals surface area contributed by atoms with Crippen LogP contribution >= 0.6 is 113 Å². The van der Waals surface area contributed by atoms with Gasteiger partial charge in [0.2, 0.25) is 5.91 Å². The first-order chi connectivity index (χ1) is 27.6. The molecule has 0 bridgehead atoms. The first-order valence-electron chi connectivity index (χ1n) is 17.2. The highest BCUT2D eigenvalue weighted by Crippen LogP contribution is 2.37. The van der Waals surface area contributed by atoms with Crippen molar-refractivity contribution in [2.24, 2.45) is 0 Å². The van der Waals surface area contributed by atoms with Gasteiger partial charge in [-0.05, 0) is 132 Å². The van der Waals surface area contributed by atoms with Gasteiger partial charge in [-0.2, -0.15) is 0 Å². The zero-order valence-electron chi connectivity index (χ0n) is 31.5. The van der Waals surface area contributed by atoms with Crippen LogP contribution in [-0.2, 0) is 9.59 Å². The highest BCUT2D eigenvalue weighted by atomic mass is 127. The molecule has 4 atom stereocenters. The maximum atomic E-state index is 13.8. The van der Waals surface area contributed by atoms with Crippen molar-refractivity contribution in [2.45, 2.75) is 37.8 Å². The molecule has 25 heteroatoms. The maximum Gasteiger partial charge on any atom is 0.256 e. The van der Waals surface area contributed by atoms with Gasteiger partial charge >= 0.3 is 0 Å². The number of hydrogen-bond donors (Lipinski definition) is 12. The number of carbonyl (C=O) groups excluding carboxylic acids is 6. The summed E-state index contributed by atoms with van der Waals surface area (Å²) in [7, 11) is 2.74. The Morgan fingerprint density at radius 1 is 0.593 bits per heavy atom. The van der Waals surface area contributed by atoms with Crippen molar-refractivity contribution in [1.82, 2.24) is 20.4 Å². The van der Waals surface area contributed by atoms with Crippen LogP contribution in [0, 0.1) is 24.8 Å². The minimum atomic E-state index is -2.07. The molecule has 12 N–H and O–H groups in total. The minimum absolute atomic E-state index is 0.0141. The van der Waals surface area contributed by atoms with E-state index in [2.05, 4.69) is 21.3 Å². The summed E-state index contributed by atoms with van der Waals surface area (Å²) in [6, 6.07) is 0. The number of nitrogens with one attached hydrogen (secondary N) is 4. The second-order valence-corrected chi connectivity index (χ2v) is 18.1. The van der Waals surface area contributed by atoms with Crippen molar-refractivity contribution < 1.29 is 69.6 Å². The Balaban J connectivity index is 2.44. The molecule has 4 unspecified atom stereocenters. The van der Waals surface area contributed by atoms with E-state index in [1.54, 1.807) is 74.7 Å². The number of halogens is 5. The molecular weight excluding hydrogens is 1350 g/mol. The van der Waals surface area contributed by atoms with Crippen LogP contribution in [0.4, 0.5) is 11.4 Å². The van der Waals surface area contributed by atoms with Gasteiger partial charge in [0.25, 0.3) is 29.5 Å². The fourth-order valence-electron chi connectivity index (χ4n) is 5.18. The van der Waals surface area contributed by atoms with E-state index in [1.807, 2.05) is 45.2 Å². The summed E-state index contributed by atoms with van der Waals surface area (Å²) < 4.78 is 0.927. The lowest BCUT2D eigenvalue weighted by Crippen LogP contribution is -2.41. The molecule has 0 spiro atoms. The van der Waals surface area contributed by atoms with Crippen molar-refractivity contribution in [3.05, 3.63) is 45.7 Å². The Labute approximate surface area is 406 Å². The lowest BCUT2D eigenvalue weighted by atomic mass is 10.0. The summed E-state index contributed by atoms with van der Waals surface area (Å²) in [4.78, 5) is 82.0. The summed E-state index contributed by atoms with van der Waals surface area (Å²) >= 11 is 8.99. The number of anilines is 2. The molecule has 0 heterocycles. The maximum absolute atomic E-state index is 13.8. The molecule has 2 rings (SSSR count). The number of hydrogen-bond acceptors (Lipinski definition) is 14. The van der Waals surface area contributed by atoms with Crippen LogP contribution < -0.4 is 21.3 Å². The van der Waals surface area contributed by atoms with Crippen molar-refractivity contribution in [3.8, 4) is 0 Å². The summed E-state index contributed by atoms with van der Waals surface area (Å²) in [5.41, 5.74) is 0.264. The van der Waals surface area contributed by atoms with Crippen LogP contribution in [0.1, 0.15) is 53.4 Å². The molecule has 2 aromatic rings. The number of amides is 6. The fraction of sp³-hybridized carbons (Fsp3) is 0.471. The molecular formula is C34H43I5N6O14. The number of likely N-dealkylation sites (N-methyl/N-ethyl adjacent to an activating group) is 2. The number of aliphatic hydroxyl groups is 8. The van der Waals surface area contributed by atoms with Crippen LogP contribution in [0.25, 0.3) is 0 Å². The van der Waals surface area contributed by atoms with Gasteiger partial charge < -0.3 is 71.9 Å². The highest BCUT2D eigenvalue weighted by molar-refractivity contribution is 14.1. The standard InChI is InChI=1S/C34H43I5N6O14/c1-13-18(22(35)20(25(38)27(13)42-17(53)12-49)33(58)44(2)7-14(50)9-46)30(55)40-5-4-6-41-31(56)19-23(36)21(34(59)45(3)8-15(51)10-47)26(39)28(24(19)37)43-32(57)29(54)16(52)11-48/h14-16,29,46-52,54H,4-12H2,1-3H3,(H,40,55)(H,41,56)(H,42,53)(H,43,57). The topological polar surface area (TPSA) is 319 Å². The lowest BCUT2D eigenvalue weighted by Gasteiger charge is -2.25. The van der Waals surface area contributed by atoms with E-state index in [0.717, 1.165) is 9.80 Å². The van der Waals surface area contributed by atoms with Gasteiger partial charge in [0.1, 0.15) is 12.7 Å². The van der Waals surface area contributed by atoms with E-state index in [4.69, 9.17) is 0 Å². The summed E-state index contributed by atoms with van der Waals surface area (Å²) in [5.74, 6) is -4.60. The second kappa shape index (κ2) is 25.0. The number of benzene rings is 2. The molecule has 328 valence electrons. The molecule has 0 radical (unpaired) electrons. The van der Waals surface area contributed by atoms with Crippen molar-refractivity contribution >= 4 is 160 Å². The van der Waals surface area contributed by atoms with Gasteiger partial charge in [0, 0.05) is 47.4 Å². The molecule has 0 saturated carbocycles. The highest BCUT2D eigenvalue weighted by Gasteiger charge is 2.33. The Morgan fingerprint density at radius 3 is 1.46 bits per heavy atom. The first kappa shape index (κ1) is 53.7. The third-order valence-corrected chi connectivity index (χ3v) is 13.7. The van der Waals surface area contributed by atoms with Gasteiger partial charge in [0.05, 0.1) is 76.4 Å². The summed E-state index contributed by atoms with van der Waals surface area (Å²) in [6.07, 6.45) is -6.27. The third kappa shape index (κ3) is 13.8. The van der Waals surface area contributed by atoms with E-state index in [0.29, 0.717) is 0 Å². The van der Waals surface area contributed by atoms with Gasteiger partial charge in [-0.15, -0.1) is 0 Å². The third-order valence-electron chi connectivity index (χ3n) is 8.31. The molecule has 59 heavy (non-hydrogen) atoms. The normalized spacial score (nSPS) is 13.2. The van der Waals surface area contributed by atoms with Gasteiger partial charge in [-0.3, -0.25) is 28.8 Å². The molecule has 0 fully saturated rings. The lowest BCUT2D eigenvalue weighted by molar-refractivity contribution is -0.131. The Hall–Kier alpha value is -1.41. The van der Waals surface area contributed by atoms with Crippen molar-refractivity contribution in [2.75, 3.05) is 77.3 Å².